The van der Waals surface area contributed by atoms with Crippen molar-refractivity contribution in [2.75, 3.05) is 25.5 Å². The number of methoxy groups -OCH3 is 1. The molecule has 0 bridgehead atoms. The van der Waals surface area contributed by atoms with Crippen LogP contribution in [0.5, 0.6) is 11.5 Å². The quantitative estimate of drug-likeness (QED) is 0.0111. The number of anilines is 1. The van der Waals surface area contributed by atoms with Crippen LogP contribution >= 0.6 is 0 Å². The molecule has 21 N–H and O–H groups in total. The van der Waals surface area contributed by atoms with Crippen LogP contribution in [-0.4, -0.2) is 215 Å². The Bertz CT molecular complexity index is 5150. The minimum absolute atomic E-state index is 0.00452. The summed E-state index contributed by atoms with van der Waals surface area (Å²) in [6, 6.07) is 5.65. The van der Waals surface area contributed by atoms with Gasteiger partial charge in [0.2, 0.25) is 70.9 Å². The number of rotatable bonds is 55. The number of nitrogens with one attached hydrogen (secondary N) is 14. The topological polar surface area (TPSA) is 679 Å². The summed E-state index contributed by atoms with van der Waals surface area (Å²) in [7, 11) is 1.40. The van der Waals surface area contributed by atoms with Crippen LogP contribution in [0.25, 0.3) is 11.0 Å². The van der Waals surface area contributed by atoms with E-state index in [0.717, 1.165) is 18.2 Å². The van der Waals surface area contributed by atoms with Gasteiger partial charge in [0, 0.05) is 81.0 Å². The van der Waals surface area contributed by atoms with E-state index in [9.17, 15) is 107 Å². The lowest BCUT2D eigenvalue weighted by molar-refractivity contribution is -0.393. The van der Waals surface area contributed by atoms with Crippen molar-refractivity contribution in [2.45, 2.75) is 211 Å². The highest BCUT2D eigenvalue weighted by Crippen LogP contribution is 2.30. The molecule has 4 aromatic carbocycles. The Morgan fingerprint density at radius 3 is 1.43 bits per heavy atom. The SMILES string of the molecule is COc1ccc2c(CC(=O)NC(Cc3ccc(O)cc3)C(=O)NC(CCC(=O)O)C(=O)NC(C(=O)NC(Cc3c[nH]cn3)C(=O)NC(Cc3c[nH]cn3)C(=O)NC(CCC(=O)O)C(=O)NC(CCCCN)C(=O)NC(CC(C)C)C(=O)NC(C(=O)NC(Cc3ccccc3)C(=O)NC(CCCCNc3ccc([N+](=O)[O-])cc3[N+](=O)[O-])C(N)=O)C(C)C)C(C)C)cc(=O)oc2c1. The number of benzene rings is 4. The molecule has 0 radical (unpaired) electrons. The van der Waals surface area contributed by atoms with Gasteiger partial charge in [-0.05, 0) is 129 Å². The number of carbonyl (C=O) groups is 14. The van der Waals surface area contributed by atoms with E-state index in [2.05, 4.69) is 83.7 Å². The molecule has 0 spiro atoms. The third-order valence-corrected chi connectivity index (χ3v) is 20.8. The monoisotopic (exact) mass is 1810 g/mol. The first kappa shape index (κ1) is 102. The van der Waals surface area contributed by atoms with E-state index in [0.29, 0.717) is 28.7 Å². The van der Waals surface area contributed by atoms with Gasteiger partial charge in [0.25, 0.3) is 11.4 Å². The fourth-order valence-electron chi connectivity index (χ4n) is 13.9. The first-order valence-electron chi connectivity index (χ1n) is 42.1. The molecular weight excluding hydrogens is 1700 g/mol. The molecule has 0 aliphatic carbocycles. The number of primary amides is 1. The number of carboxylic acids is 2. The molecule has 0 saturated heterocycles. The van der Waals surface area contributed by atoms with Crippen molar-refractivity contribution in [1.82, 2.24) is 78.4 Å². The molecule has 0 fully saturated rings. The number of aromatic amines is 2. The van der Waals surface area contributed by atoms with Gasteiger partial charge in [0.15, 0.2) is 0 Å². The molecule has 130 heavy (non-hydrogen) atoms. The molecule has 3 heterocycles. The second-order valence-electron chi connectivity index (χ2n) is 32.1. The molecule has 11 atom stereocenters. The fraction of sp³-hybridized carbons (Fsp3) is 0.453. The molecular formula is C86H112N20O24. The molecule has 0 aliphatic heterocycles. The summed E-state index contributed by atoms with van der Waals surface area (Å²) in [5.41, 5.74) is 11.4. The minimum atomic E-state index is -1.80. The number of fused-ring (bicyclic) bond motifs is 1. The van der Waals surface area contributed by atoms with Crippen LogP contribution in [0.2, 0.25) is 0 Å². The van der Waals surface area contributed by atoms with Gasteiger partial charge >= 0.3 is 17.6 Å². The molecule has 44 nitrogen and oxygen atoms in total. The van der Waals surface area contributed by atoms with Crippen molar-refractivity contribution in [3.63, 3.8) is 0 Å². The number of imidazole rings is 2. The van der Waals surface area contributed by atoms with Crippen LogP contribution in [0.4, 0.5) is 17.1 Å². The lowest BCUT2D eigenvalue weighted by Gasteiger charge is -2.30. The van der Waals surface area contributed by atoms with Gasteiger partial charge in [-0.25, -0.2) is 14.8 Å². The summed E-state index contributed by atoms with van der Waals surface area (Å²) in [6.07, 6.45) is 1.61. The number of aromatic hydroxyl groups is 1. The first-order chi connectivity index (χ1) is 61.8. The Morgan fingerprint density at radius 2 is 0.954 bits per heavy atom. The number of hydrogen-bond acceptors (Lipinski definition) is 26. The normalized spacial score (nSPS) is 13.7. The highest BCUT2D eigenvalue weighted by molar-refractivity contribution is 6.00. The van der Waals surface area contributed by atoms with Crippen molar-refractivity contribution < 1.29 is 101 Å². The van der Waals surface area contributed by atoms with Crippen molar-refractivity contribution in [3.8, 4) is 11.5 Å². The van der Waals surface area contributed by atoms with Gasteiger partial charge in [-0.3, -0.25) is 87.4 Å². The maximum Gasteiger partial charge on any atom is 0.336 e. The van der Waals surface area contributed by atoms with Crippen molar-refractivity contribution in [1.29, 1.82) is 0 Å². The van der Waals surface area contributed by atoms with E-state index < -0.39 is 233 Å². The number of phenolic OH excluding ortho intramolecular Hbond substituents is 1. The van der Waals surface area contributed by atoms with E-state index in [-0.39, 0.29) is 104 Å². The number of phenols is 1. The summed E-state index contributed by atoms with van der Waals surface area (Å²) < 4.78 is 10.6. The Hall–Kier alpha value is -14.8. The second-order valence-corrected chi connectivity index (χ2v) is 32.1. The first-order valence-corrected chi connectivity index (χ1v) is 42.1. The molecule has 44 heteroatoms. The maximum atomic E-state index is 15.0. The Morgan fingerprint density at radius 1 is 0.500 bits per heavy atom. The Labute approximate surface area is 745 Å². The number of aromatic nitrogens is 4. The molecule has 11 unspecified atom stereocenters. The van der Waals surface area contributed by atoms with Crippen LogP contribution in [0, 0.1) is 38.0 Å². The number of carboxylic acid groups (broad SMARTS) is 2. The predicted octanol–water partition coefficient (Wildman–Crippen LogP) is 1.60. The number of aliphatic carboxylic acids is 2. The second kappa shape index (κ2) is 50.6. The number of carbonyl (C=O) groups excluding carboxylic acids is 12. The number of unbranched alkanes of at least 4 members (excludes halogenated alkanes) is 2. The van der Waals surface area contributed by atoms with Gasteiger partial charge < -0.3 is 110 Å². The summed E-state index contributed by atoms with van der Waals surface area (Å²) in [5.74, 6) is -16.2. The van der Waals surface area contributed by atoms with Gasteiger partial charge in [-0.1, -0.05) is 84.0 Å². The lowest BCUT2D eigenvalue weighted by Crippen LogP contribution is -2.62. The molecule has 700 valence electrons. The predicted molar refractivity (Wildman–Crippen MR) is 468 cm³/mol. The van der Waals surface area contributed by atoms with Crippen LogP contribution in [0.1, 0.15) is 140 Å². The largest absolute Gasteiger partial charge is 0.508 e. The van der Waals surface area contributed by atoms with Crippen LogP contribution in [0.3, 0.4) is 0 Å². The van der Waals surface area contributed by atoms with Crippen molar-refractivity contribution >= 4 is 111 Å². The zero-order valence-electron chi connectivity index (χ0n) is 72.7. The lowest BCUT2D eigenvalue weighted by atomic mass is 9.98. The molecule has 7 rings (SSSR count). The minimum Gasteiger partial charge on any atom is -0.508 e. The van der Waals surface area contributed by atoms with Gasteiger partial charge in [0.05, 0.1) is 53.5 Å². The van der Waals surface area contributed by atoms with E-state index in [4.69, 9.17) is 20.6 Å². The molecule has 7 aromatic rings. The Kier molecular flexibility index (Phi) is 39.8. The number of H-pyrrole nitrogens is 2. The molecule has 0 saturated carbocycles. The highest BCUT2D eigenvalue weighted by atomic mass is 16.6. The van der Waals surface area contributed by atoms with E-state index in [1.54, 1.807) is 70.2 Å². The van der Waals surface area contributed by atoms with Gasteiger partial charge in [0.1, 0.15) is 89.2 Å². The third kappa shape index (κ3) is 32.9. The van der Waals surface area contributed by atoms with E-state index >= 15 is 0 Å². The summed E-state index contributed by atoms with van der Waals surface area (Å²) >= 11 is 0. The molecule has 3 aromatic heterocycles. The van der Waals surface area contributed by atoms with Crippen molar-refractivity contribution in [2.24, 2.45) is 29.2 Å². The van der Waals surface area contributed by atoms with Crippen LogP contribution in [0.15, 0.2) is 131 Å². The summed E-state index contributed by atoms with van der Waals surface area (Å²) in [5, 5.41) is 84.9. The van der Waals surface area contributed by atoms with E-state index in [1.165, 1.54) is 82.4 Å². The third-order valence-electron chi connectivity index (χ3n) is 20.8. The average molecular weight is 1810 g/mol. The summed E-state index contributed by atoms with van der Waals surface area (Å²) in [4.78, 5) is 246. The fourth-order valence-corrected chi connectivity index (χ4v) is 13.9. The number of amides is 12. The van der Waals surface area contributed by atoms with Gasteiger partial charge in [-0.15, -0.1) is 0 Å². The number of ether oxygens (including phenoxy) is 1. The maximum absolute atomic E-state index is 15.0. The Balaban J connectivity index is 1.07. The highest BCUT2D eigenvalue weighted by Gasteiger charge is 2.39. The number of non-ortho nitro benzene ring substituents is 1. The smallest absolute Gasteiger partial charge is 0.336 e. The zero-order valence-corrected chi connectivity index (χ0v) is 72.7. The molecule has 12 amide bonds. The molecule has 0 aliphatic rings. The average Bonchev–Trinajstić information content (AvgIpc) is 0.832. The number of nitrogens with zero attached hydrogens (tertiary/aromatic N) is 4. The number of nitro benzene ring substituents is 2. The van der Waals surface area contributed by atoms with Gasteiger partial charge in [-0.2, -0.15) is 0 Å². The van der Waals surface area contributed by atoms with E-state index in [1.807, 2.05) is 0 Å². The zero-order chi connectivity index (χ0) is 95.4. The van der Waals surface area contributed by atoms with Crippen molar-refractivity contribution in [3.05, 3.63) is 181 Å². The van der Waals surface area contributed by atoms with Crippen LogP contribution in [-0.2, 0) is 99.2 Å². The number of nitrogens with two attached hydrogens (primary N) is 2. The summed E-state index contributed by atoms with van der Waals surface area (Å²) in [6.45, 7) is 9.91. The van der Waals surface area contributed by atoms with Crippen LogP contribution < -0.4 is 85.6 Å². The number of hydrogen-bond donors (Lipinski definition) is 19. The number of nitro groups is 2. The standard InChI is InChI=1S/C86H112N20O24/c1-46(2)33-63(84(122)104-75(48(5)6)85(123)101-65(34-49-15-9-8-10-16-49)81(119)95-59(76(88)114)17-12-14-32-91-58-26-21-54(105(125)126)40-68(58)106(127)128)99-77(115)60(18-11-13-31-87)96-78(116)61(27-29-71(109)110)97-82(120)66(38-52-42-89-44-92-52)100-83(121)67(39-53-43-90-45-93-53)102-86(124)74(47(3)4)103-79(117)62(28-30-72(111)112)98-80(118)64(35-50-19-22-55(107)23-20-50)94-70(108)36-51-37-73(113)130-69-41-56(129-7)24-25-57(51)69/h8-10,15-16,19-26,37,40-48,59-67,74-75,91,107H,11-14,17-18,27-36,38-39,87H2,1-7H3,(H2,88,114)(H,89,92)(H,90,93)(H,94,108)(H,95,119)(H,96,116)(H,97,120)(H,98,118)(H,99,115)(H,100,121)(H,101,123)(H,102,124)(H,103,117)(H,104,122)(H,109,110)(H,111,112).